The van der Waals surface area contributed by atoms with Gasteiger partial charge in [0.15, 0.2) is 11.5 Å². The van der Waals surface area contributed by atoms with E-state index in [1.165, 1.54) is 0 Å². The molecule has 4 heteroatoms. The van der Waals surface area contributed by atoms with E-state index >= 15 is 0 Å². The molecule has 0 atom stereocenters. The minimum Gasteiger partial charge on any atom is -0.493 e. The highest BCUT2D eigenvalue weighted by Gasteiger charge is 2.12. The first kappa shape index (κ1) is 14.4. The Morgan fingerprint density at radius 2 is 1.72 bits per heavy atom. The van der Waals surface area contributed by atoms with Crippen LogP contribution in [0.2, 0.25) is 0 Å². The molecule has 0 bridgehead atoms. The molecule has 0 aromatic heterocycles. The Morgan fingerprint density at radius 1 is 1.17 bits per heavy atom. The van der Waals surface area contributed by atoms with Crippen molar-refractivity contribution in [3.63, 3.8) is 0 Å². The molecule has 0 radical (unpaired) electrons. The van der Waals surface area contributed by atoms with Crippen LogP contribution in [-0.2, 0) is 4.79 Å². The fourth-order valence-electron chi connectivity index (χ4n) is 1.50. The molecule has 4 nitrogen and oxygen atoms in total. The summed E-state index contributed by atoms with van der Waals surface area (Å²) in [5.74, 6) is 1.97. The van der Waals surface area contributed by atoms with Crippen molar-refractivity contribution in [2.24, 2.45) is 5.92 Å². The zero-order valence-corrected chi connectivity index (χ0v) is 11.4. The van der Waals surface area contributed by atoms with Crippen LogP contribution in [-0.4, -0.2) is 26.6 Å². The standard InChI is InChI=1S/C14H20O4/c1-10(2)11(15)8-9-18-14-12(16-3)6-5-7-13(14)17-4/h5-7,10H,8-9H2,1-4H3. The van der Waals surface area contributed by atoms with Gasteiger partial charge in [0.2, 0.25) is 5.75 Å². The lowest BCUT2D eigenvalue weighted by molar-refractivity contribution is -0.122. The molecule has 1 aromatic rings. The second-order valence-corrected chi connectivity index (χ2v) is 4.21. The van der Waals surface area contributed by atoms with Gasteiger partial charge in [0, 0.05) is 12.3 Å². The maximum atomic E-state index is 11.5. The zero-order chi connectivity index (χ0) is 13.5. The summed E-state index contributed by atoms with van der Waals surface area (Å²) in [5, 5.41) is 0. The number of ketones is 1. The monoisotopic (exact) mass is 252 g/mol. The molecule has 0 amide bonds. The Hall–Kier alpha value is -1.71. The van der Waals surface area contributed by atoms with E-state index in [-0.39, 0.29) is 11.7 Å². The van der Waals surface area contributed by atoms with Gasteiger partial charge in [-0.15, -0.1) is 0 Å². The van der Waals surface area contributed by atoms with E-state index in [2.05, 4.69) is 0 Å². The van der Waals surface area contributed by atoms with Crippen molar-refractivity contribution in [1.82, 2.24) is 0 Å². The Morgan fingerprint density at radius 3 is 2.17 bits per heavy atom. The number of carbonyl (C=O) groups is 1. The van der Waals surface area contributed by atoms with Crippen LogP contribution >= 0.6 is 0 Å². The molecular formula is C14H20O4. The molecule has 0 aliphatic heterocycles. The summed E-state index contributed by atoms with van der Waals surface area (Å²) in [6.45, 7) is 4.09. The van der Waals surface area contributed by atoms with Crippen molar-refractivity contribution in [3.8, 4) is 17.2 Å². The molecule has 1 rings (SSSR count). The molecule has 0 unspecified atom stereocenters. The lowest BCUT2D eigenvalue weighted by Crippen LogP contribution is -2.12. The first-order chi connectivity index (χ1) is 8.60. The van der Waals surface area contributed by atoms with Crippen LogP contribution in [0.15, 0.2) is 18.2 Å². The lowest BCUT2D eigenvalue weighted by atomic mass is 10.1. The summed E-state index contributed by atoms with van der Waals surface area (Å²) in [6, 6.07) is 5.41. The third-order valence-corrected chi connectivity index (χ3v) is 2.62. The summed E-state index contributed by atoms with van der Waals surface area (Å²) >= 11 is 0. The molecule has 100 valence electrons. The highest BCUT2D eigenvalue weighted by molar-refractivity contribution is 5.80. The van der Waals surface area contributed by atoms with E-state index in [1.807, 2.05) is 19.9 Å². The summed E-state index contributed by atoms with van der Waals surface area (Å²) in [7, 11) is 3.14. The van der Waals surface area contributed by atoms with E-state index in [1.54, 1.807) is 26.4 Å². The van der Waals surface area contributed by atoms with Gasteiger partial charge in [-0.25, -0.2) is 0 Å². The van der Waals surface area contributed by atoms with Crippen molar-refractivity contribution < 1.29 is 19.0 Å². The Balaban J connectivity index is 2.68. The smallest absolute Gasteiger partial charge is 0.203 e. The van der Waals surface area contributed by atoms with E-state index in [0.29, 0.717) is 30.3 Å². The largest absolute Gasteiger partial charge is 0.493 e. The summed E-state index contributed by atoms with van der Waals surface area (Å²) < 4.78 is 16.0. The van der Waals surface area contributed by atoms with Crippen LogP contribution in [0.1, 0.15) is 20.3 Å². The average molecular weight is 252 g/mol. The van der Waals surface area contributed by atoms with Gasteiger partial charge in [-0.1, -0.05) is 19.9 Å². The van der Waals surface area contributed by atoms with Gasteiger partial charge in [0.25, 0.3) is 0 Å². The number of ether oxygens (including phenoxy) is 3. The average Bonchev–Trinajstić information content (AvgIpc) is 2.38. The molecule has 0 aliphatic rings. The van der Waals surface area contributed by atoms with E-state index in [0.717, 1.165) is 0 Å². The number of Topliss-reactive ketones (excluding diaryl/α,β-unsaturated/α-hetero) is 1. The van der Waals surface area contributed by atoms with Crippen LogP contribution in [0.4, 0.5) is 0 Å². The number of methoxy groups -OCH3 is 2. The first-order valence-electron chi connectivity index (χ1n) is 5.96. The fourth-order valence-corrected chi connectivity index (χ4v) is 1.50. The minimum atomic E-state index is 0.0353. The second-order valence-electron chi connectivity index (χ2n) is 4.21. The van der Waals surface area contributed by atoms with Crippen molar-refractivity contribution >= 4 is 5.78 Å². The van der Waals surface area contributed by atoms with Gasteiger partial charge in [-0.3, -0.25) is 4.79 Å². The normalized spacial score (nSPS) is 10.3. The van der Waals surface area contributed by atoms with Crippen LogP contribution in [0.25, 0.3) is 0 Å². The molecule has 0 fully saturated rings. The number of carbonyl (C=O) groups excluding carboxylic acids is 1. The molecule has 0 N–H and O–H groups in total. The SMILES string of the molecule is COc1cccc(OC)c1OCCC(=O)C(C)C. The molecule has 0 saturated carbocycles. The van der Waals surface area contributed by atoms with Crippen molar-refractivity contribution in [2.75, 3.05) is 20.8 Å². The Kier molecular flexibility index (Phi) is 5.49. The predicted molar refractivity (Wildman–Crippen MR) is 69.5 cm³/mol. The third kappa shape index (κ3) is 3.65. The van der Waals surface area contributed by atoms with Gasteiger partial charge >= 0.3 is 0 Å². The maximum absolute atomic E-state index is 11.5. The first-order valence-corrected chi connectivity index (χ1v) is 5.96. The molecular weight excluding hydrogens is 232 g/mol. The summed E-state index contributed by atoms with van der Waals surface area (Å²) in [4.78, 5) is 11.5. The summed E-state index contributed by atoms with van der Waals surface area (Å²) in [6.07, 6.45) is 0.388. The topological polar surface area (TPSA) is 44.8 Å². The van der Waals surface area contributed by atoms with E-state index < -0.39 is 0 Å². The van der Waals surface area contributed by atoms with Crippen LogP contribution in [0, 0.1) is 5.92 Å². The highest BCUT2D eigenvalue weighted by atomic mass is 16.5. The van der Waals surface area contributed by atoms with Gasteiger partial charge in [0.05, 0.1) is 20.8 Å². The van der Waals surface area contributed by atoms with Gasteiger partial charge in [0.1, 0.15) is 5.78 Å². The number of para-hydroxylation sites is 1. The van der Waals surface area contributed by atoms with Crippen LogP contribution < -0.4 is 14.2 Å². The highest BCUT2D eigenvalue weighted by Crippen LogP contribution is 2.36. The second kappa shape index (κ2) is 6.89. The maximum Gasteiger partial charge on any atom is 0.203 e. The molecule has 18 heavy (non-hydrogen) atoms. The molecule has 0 heterocycles. The Bertz CT molecular complexity index is 377. The van der Waals surface area contributed by atoms with Gasteiger partial charge < -0.3 is 14.2 Å². The van der Waals surface area contributed by atoms with E-state index in [4.69, 9.17) is 14.2 Å². The van der Waals surface area contributed by atoms with Crippen LogP contribution in [0.5, 0.6) is 17.2 Å². The minimum absolute atomic E-state index is 0.0353. The Labute approximate surface area is 108 Å². The molecule has 1 aromatic carbocycles. The van der Waals surface area contributed by atoms with Crippen molar-refractivity contribution in [1.29, 1.82) is 0 Å². The van der Waals surface area contributed by atoms with Crippen molar-refractivity contribution in [2.45, 2.75) is 20.3 Å². The molecule has 0 aliphatic carbocycles. The summed E-state index contributed by atoms with van der Waals surface area (Å²) in [5.41, 5.74) is 0. The number of rotatable bonds is 7. The number of benzene rings is 1. The third-order valence-electron chi connectivity index (χ3n) is 2.62. The predicted octanol–water partition coefficient (Wildman–Crippen LogP) is 2.70. The van der Waals surface area contributed by atoms with Crippen LogP contribution in [0.3, 0.4) is 0 Å². The zero-order valence-electron chi connectivity index (χ0n) is 11.4. The number of hydrogen-bond acceptors (Lipinski definition) is 4. The molecule has 0 spiro atoms. The van der Waals surface area contributed by atoms with Gasteiger partial charge in [-0.2, -0.15) is 0 Å². The lowest BCUT2D eigenvalue weighted by Gasteiger charge is -2.14. The molecule has 0 saturated heterocycles. The van der Waals surface area contributed by atoms with E-state index in [9.17, 15) is 4.79 Å². The van der Waals surface area contributed by atoms with Gasteiger partial charge in [-0.05, 0) is 12.1 Å². The van der Waals surface area contributed by atoms with Crippen molar-refractivity contribution in [3.05, 3.63) is 18.2 Å². The quantitative estimate of drug-likeness (QED) is 0.748. The fraction of sp³-hybridized carbons (Fsp3) is 0.500. The number of hydrogen-bond donors (Lipinski definition) is 0.